The van der Waals surface area contributed by atoms with Crippen molar-refractivity contribution in [2.45, 2.75) is 32.3 Å². The molecule has 1 fully saturated rings. The van der Waals surface area contributed by atoms with E-state index in [-0.39, 0.29) is 17.9 Å². The van der Waals surface area contributed by atoms with Crippen molar-refractivity contribution in [2.24, 2.45) is 0 Å². The normalized spacial score (nSPS) is 14.4. The summed E-state index contributed by atoms with van der Waals surface area (Å²) in [4.78, 5) is 34.1. The van der Waals surface area contributed by atoms with Gasteiger partial charge < -0.3 is 19.7 Å². The molecule has 1 N–H and O–H groups in total. The lowest BCUT2D eigenvalue weighted by molar-refractivity contribution is -0.115. The molecular weight excluding hydrogens is 360 g/mol. The fourth-order valence-electron chi connectivity index (χ4n) is 2.93. The lowest BCUT2D eigenvalue weighted by Crippen LogP contribution is -2.41. The molecule has 0 atom stereocenters. The third-order valence-electron chi connectivity index (χ3n) is 4.55. The molecule has 3 rings (SSSR count). The van der Waals surface area contributed by atoms with Gasteiger partial charge >= 0.3 is 0 Å². The van der Waals surface area contributed by atoms with Crippen molar-refractivity contribution in [3.05, 3.63) is 42.2 Å². The maximum absolute atomic E-state index is 12.6. The molecule has 8 nitrogen and oxygen atoms in total. The highest BCUT2D eigenvalue weighted by Gasteiger charge is 2.25. The van der Waals surface area contributed by atoms with E-state index < -0.39 is 0 Å². The Hall–Kier alpha value is -3.16. The fraction of sp³-hybridized carbons (Fsp3) is 0.400. The van der Waals surface area contributed by atoms with Crippen LogP contribution >= 0.6 is 0 Å². The number of hydrogen-bond donors (Lipinski definition) is 1. The Morgan fingerprint density at radius 2 is 1.82 bits per heavy atom. The topological polar surface area (TPSA) is 93.7 Å². The minimum Gasteiger partial charge on any atom is -0.481 e. The Morgan fingerprint density at radius 3 is 2.39 bits per heavy atom. The number of ether oxygens (including phenoxy) is 2. The standard InChI is InChI=1S/C20H24N4O4/c1-3-17(25)23-15-5-7-19(22-13-15)28-16-8-10-24(11-9-16)20(26)14-4-6-18(27-2)21-12-14/h4-7,12-13,16H,3,8-11H2,1-2H3,(H,23,25). The van der Waals surface area contributed by atoms with E-state index >= 15 is 0 Å². The molecule has 2 aromatic rings. The van der Waals surface area contributed by atoms with Gasteiger partial charge in [0.05, 0.1) is 24.6 Å². The highest BCUT2D eigenvalue weighted by atomic mass is 16.5. The van der Waals surface area contributed by atoms with Crippen molar-refractivity contribution in [2.75, 3.05) is 25.5 Å². The Kier molecular flexibility index (Phi) is 6.41. The van der Waals surface area contributed by atoms with Crippen LogP contribution in [0.4, 0.5) is 5.69 Å². The lowest BCUT2D eigenvalue weighted by atomic mass is 10.1. The van der Waals surface area contributed by atoms with Crippen molar-refractivity contribution in [1.82, 2.24) is 14.9 Å². The van der Waals surface area contributed by atoms with Crippen LogP contribution in [0.25, 0.3) is 0 Å². The number of nitrogens with zero attached hydrogens (tertiary/aromatic N) is 3. The third-order valence-corrected chi connectivity index (χ3v) is 4.55. The van der Waals surface area contributed by atoms with Crippen molar-refractivity contribution in [3.63, 3.8) is 0 Å². The van der Waals surface area contributed by atoms with E-state index in [0.29, 0.717) is 42.5 Å². The molecule has 1 aliphatic rings. The fourth-order valence-corrected chi connectivity index (χ4v) is 2.93. The second-order valence-corrected chi connectivity index (χ2v) is 6.49. The lowest BCUT2D eigenvalue weighted by Gasteiger charge is -2.32. The number of methoxy groups -OCH3 is 1. The molecule has 0 saturated carbocycles. The first-order valence-electron chi connectivity index (χ1n) is 9.31. The van der Waals surface area contributed by atoms with E-state index in [1.165, 1.54) is 13.3 Å². The van der Waals surface area contributed by atoms with E-state index in [4.69, 9.17) is 9.47 Å². The van der Waals surface area contributed by atoms with Gasteiger partial charge in [0, 0.05) is 50.7 Å². The molecule has 0 bridgehead atoms. The zero-order chi connectivity index (χ0) is 19.9. The molecule has 0 spiro atoms. The van der Waals surface area contributed by atoms with Gasteiger partial charge in [-0.1, -0.05) is 6.92 Å². The molecule has 0 radical (unpaired) electrons. The summed E-state index contributed by atoms with van der Waals surface area (Å²) in [7, 11) is 1.54. The Labute approximate surface area is 163 Å². The van der Waals surface area contributed by atoms with Crippen LogP contribution in [0.15, 0.2) is 36.7 Å². The van der Waals surface area contributed by atoms with Crippen LogP contribution in [-0.2, 0) is 4.79 Å². The summed E-state index contributed by atoms with van der Waals surface area (Å²) in [5.41, 5.74) is 1.19. The van der Waals surface area contributed by atoms with Gasteiger partial charge in [-0.15, -0.1) is 0 Å². The molecule has 0 unspecified atom stereocenters. The number of amides is 2. The van der Waals surface area contributed by atoms with Gasteiger partial charge in [0.25, 0.3) is 5.91 Å². The number of hydrogen-bond acceptors (Lipinski definition) is 6. The van der Waals surface area contributed by atoms with Crippen LogP contribution in [-0.4, -0.2) is 53.0 Å². The summed E-state index contributed by atoms with van der Waals surface area (Å²) < 4.78 is 10.9. The highest BCUT2D eigenvalue weighted by Crippen LogP contribution is 2.20. The van der Waals surface area contributed by atoms with Gasteiger partial charge in [0.1, 0.15) is 6.10 Å². The summed E-state index contributed by atoms with van der Waals surface area (Å²) in [6.45, 7) is 3.02. The average molecular weight is 384 g/mol. The van der Waals surface area contributed by atoms with Crippen LogP contribution in [0, 0.1) is 0 Å². The number of carbonyl (C=O) groups is 2. The predicted octanol–water partition coefficient (Wildman–Crippen LogP) is 2.52. The van der Waals surface area contributed by atoms with Crippen LogP contribution in [0.5, 0.6) is 11.8 Å². The molecule has 0 aromatic carbocycles. The summed E-state index contributed by atoms with van der Waals surface area (Å²) in [5.74, 6) is 0.900. The number of rotatable bonds is 6. The van der Waals surface area contributed by atoms with E-state index in [0.717, 1.165) is 12.8 Å². The first-order chi connectivity index (χ1) is 13.6. The van der Waals surface area contributed by atoms with Gasteiger partial charge in [-0.25, -0.2) is 9.97 Å². The number of likely N-dealkylation sites (tertiary alicyclic amines) is 1. The number of nitrogens with one attached hydrogen (secondary N) is 1. The maximum atomic E-state index is 12.6. The molecule has 2 aromatic heterocycles. The van der Waals surface area contributed by atoms with E-state index in [1.807, 2.05) is 0 Å². The molecule has 3 heterocycles. The van der Waals surface area contributed by atoms with Crippen LogP contribution < -0.4 is 14.8 Å². The molecule has 8 heteroatoms. The zero-order valence-electron chi connectivity index (χ0n) is 16.1. The first-order valence-corrected chi connectivity index (χ1v) is 9.31. The van der Waals surface area contributed by atoms with Gasteiger partial charge in [0.2, 0.25) is 17.7 Å². The minimum absolute atomic E-state index is 0.00150. The smallest absolute Gasteiger partial charge is 0.255 e. The molecule has 2 amide bonds. The molecule has 148 valence electrons. The van der Waals surface area contributed by atoms with E-state index in [1.54, 1.807) is 42.3 Å². The summed E-state index contributed by atoms with van der Waals surface area (Å²) >= 11 is 0. The van der Waals surface area contributed by atoms with Gasteiger partial charge in [-0.3, -0.25) is 9.59 Å². The molecule has 0 aliphatic carbocycles. The van der Waals surface area contributed by atoms with Gasteiger partial charge in [-0.05, 0) is 12.1 Å². The van der Waals surface area contributed by atoms with Crippen molar-refractivity contribution >= 4 is 17.5 Å². The number of aromatic nitrogens is 2. The predicted molar refractivity (Wildman–Crippen MR) is 104 cm³/mol. The second kappa shape index (κ2) is 9.16. The van der Waals surface area contributed by atoms with Crippen molar-refractivity contribution in [3.8, 4) is 11.8 Å². The number of piperidine rings is 1. The maximum Gasteiger partial charge on any atom is 0.255 e. The van der Waals surface area contributed by atoms with E-state index in [2.05, 4.69) is 15.3 Å². The molecular formula is C20H24N4O4. The molecule has 1 saturated heterocycles. The Bertz CT molecular complexity index is 800. The molecule has 28 heavy (non-hydrogen) atoms. The Balaban J connectivity index is 1.49. The monoisotopic (exact) mass is 384 g/mol. The summed E-state index contributed by atoms with van der Waals surface area (Å²) in [6.07, 6.45) is 4.99. The van der Waals surface area contributed by atoms with Crippen LogP contribution in [0.3, 0.4) is 0 Å². The van der Waals surface area contributed by atoms with Gasteiger partial charge in [-0.2, -0.15) is 0 Å². The largest absolute Gasteiger partial charge is 0.481 e. The average Bonchev–Trinajstić information content (AvgIpc) is 2.75. The number of pyridine rings is 2. The number of anilines is 1. The van der Waals surface area contributed by atoms with Crippen LogP contribution in [0.2, 0.25) is 0 Å². The quantitative estimate of drug-likeness (QED) is 0.823. The van der Waals surface area contributed by atoms with E-state index in [9.17, 15) is 9.59 Å². The van der Waals surface area contributed by atoms with Crippen molar-refractivity contribution in [1.29, 1.82) is 0 Å². The summed E-state index contributed by atoms with van der Waals surface area (Å²) in [5, 5.41) is 2.75. The molecule has 1 aliphatic heterocycles. The van der Waals surface area contributed by atoms with Crippen LogP contribution in [0.1, 0.15) is 36.5 Å². The first kappa shape index (κ1) is 19.6. The second-order valence-electron chi connectivity index (χ2n) is 6.49. The zero-order valence-corrected chi connectivity index (χ0v) is 16.1. The highest BCUT2D eigenvalue weighted by molar-refractivity contribution is 5.94. The SMILES string of the molecule is CCC(=O)Nc1ccc(OC2CCN(C(=O)c3ccc(OC)nc3)CC2)nc1. The van der Waals surface area contributed by atoms with Gasteiger partial charge in [0.15, 0.2) is 0 Å². The Morgan fingerprint density at radius 1 is 1.11 bits per heavy atom. The number of carbonyl (C=O) groups excluding carboxylic acids is 2. The minimum atomic E-state index is -0.0560. The van der Waals surface area contributed by atoms with Crippen molar-refractivity contribution < 1.29 is 19.1 Å². The summed E-state index contributed by atoms with van der Waals surface area (Å²) in [6, 6.07) is 6.91. The third kappa shape index (κ3) is 4.97.